The van der Waals surface area contributed by atoms with Crippen LogP contribution in [-0.4, -0.2) is 10.9 Å². The highest BCUT2D eigenvalue weighted by atomic mass is 32.1. The molecule has 3 nitrogen and oxygen atoms in total. The SMILES string of the molecule is CC(C(=O)NC(C)c1cccc(F)c1)C(N)=S. The Kier molecular flexibility index (Phi) is 4.57. The third kappa shape index (κ3) is 3.78. The van der Waals surface area contributed by atoms with Crippen LogP contribution in [0.5, 0.6) is 0 Å². The first-order valence-electron chi connectivity index (χ1n) is 5.27. The molecule has 2 atom stereocenters. The quantitative estimate of drug-likeness (QED) is 0.807. The van der Waals surface area contributed by atoms with Crippen LogP contribution >= 0.6 is 12.2 Å². The predicted octanol–water partition coefficient (Wildman–Crippen LogP) is 1.93. The van der Waals surface area contributed by atoms with Gasteiger partial charge in [-0.3, -0.25) is 4.79 Å². The summed E-state index contributed by atoms with van der Waals surface area (Å²) in [6.07, 6.45) is 0. The molecule has 2 unspecified atom stereocenters. The van der Waals surface area contributed by atoms with E-state index in [-0.39, 0.29) is 22.8 Å². The number of carbonyl (C=O) groups is 1. The van der Waals surface area contributed by atoms with Crippen molar-refractivity contribution in [1.82, 2.24) is 5.32 Å². The van der Waals surface area contributed by atoms with Crippen LogP contribution < -0.4 is 11.1 Å². The van der Waals surface area contributed by atoms with Gasteiger partial charge in [-0.1, -0.05) is 24.4 Å². The van der Waals surface area contributed by atoms with Gasteiger partial charge in [-0.25, -0.2) is 4.39 Å². The summed E-state index contributed by atoms with van der Waals surface area (Å²) in [6, 6.07) is 5.81. The van der Waals surface area contributed by atoms with Crippen molar-refractivity contribution in [3.05, 3.63) is 35.6 Å². The van der Waals surface area contributed by atoms with E-state index in [1.54, 1.807) is 26.0 Å². The summed E-state index contributed by atoms with van der Waals surface area (Å²) in [5.41, 5.74) is 6.09. The normalized spacial score (nSPS) is 13.8. The Balaban J connectivity index is 2.70. The third-order valence-electron chi connectivity index (χ3n) is 2.53. The van der Waals surface area contributed by atoms with E-state index in [1.807, 2.05) is 0 Å². The average molecular weight is 254 g/mol. The molecule has 1 aromatic carbocycles. The van der Waals surface area contributed by atoms with Crippen LogP contribution in [0.2, 0.25) is 0 Å². The highest BCUT2D eigenvalue weighted by Crippen LogP contribution is 2.14. The first-order valence-corrected chi connectivity index (χ1v) is 5.67. The maximum Gasteiger partial charge on any atom is 0.230 e. The number of hydrogen-bond donors (Lipinski definition) is 2. The number of nitrogens with two attached hydrogens (primary N) is 1. The van der Waals surface area contributed by atoms with Crippen molar-refractivity contribution in [2.45, 2.75) is 19.9 Å². The molecule has 92 valence electrons. The predicted molar refractivity (Wildman–Crippen MR) is 68.9 cm³/mol. The van der Waals surface area contributed by atoms with Crippen molar-refractivity contribution in [1.29, 1.82) is 0 Å². The first kappa shape index (κ1) is 13.6. The van der Waals surface area contributed by atoms with Crippen LogP contribution in [-0.2, 0) is 4.79 Å². The molecule has 0 aliphatic carbocycles. The molecule has 0 aromatic heterocycles. The van der Waals surface area contributed by atoms with Gasteiger partial charge in [-0.2, -0.15) is 0 Å². The molecule has 3 N–H and O–H groups in total. The van der Waals surface area contributed by atoms with Gasteiger partial charge in [0, 0.05) is 0 Å². The molecule has 1 rings (SSSR count). The van der Waals surface area contributed by atoms with E-state index < -0.39 is 5.92 Å². The second-order valence-corrected chi connectivity index (χ2v) is 4.38. The van der Waals surface area contributed by atoms with E-state index in [0.29, 0.717) is 5.56 Å². The molecule has 5 heteroatoms. The van der Waals surface area contributed by atoms with Crippen LogP contribution in [0.1, 0.15) is 25.5 Å². The van der Waals surface area contributed by atoms with Crippen LogP contribution in [0.25, 0.3) is 0 Å². The minimum absolute atomic E-state index is 0.147. The highest BCUT2D eigenvalue weighted by molar-refractivity contribution is 7.80. The molecular formula is C12H15FN2OS. The van der Waals surface area contributed by atoms with Gasteiger partial charge in [0.05, 0.1) is 16.9 Å². The maximum atomic E-state index is 13.0. The van der Waals surface area contributed by atoms with Gasteiger partial charge in [0.2, 0.25) is 5.91 Å². The Morgan fingerprint density at radius 3 is 2.65 bits per heavy atom. The number of carbonyl (C=O) groups excluding carboxylic acids is 1. The molecule has 0 fully saturated rings. The van der Waals surface area contributed by atoms with Crippen LogP contribution in [0.4, 0.5) is 4.39 Å². The fourth-order valence-corrected chi connectivity index (χ4v) is 1.43. The first-order chi connectivity index (χ1) is 7.91. The molecule has 0 saturated carbocycles. The third-order valence-corrected chi connectivity index (χ3v) is 2.88. The second kappa shape index (κ2) is 5.72. The lowest BCUT2D eigenvalue weighted by Crippen LogP contribution is -2.37. The molecule has 0 bridgehead atoms. The van der Waals surface area contributed by atoms with Gasteiger partial charge < -0.3 is 11.1 Å². The fourth-order valence-electron chi connectivity index (χ4n) is 1.33. The van der Waals surface area contributed by atoms with Crippen molar-refractivity contribution >= 4 is 23.1 Å². The Morgan fingerprint density at radius 2 is 2.12 bits per heavy atom. The standard InChI is InChI=1S/C12H15FN2OS/c1-7(11(14)17)12(16)15-8(2)9-4-3-5-10(13)6-9/h3-8H,1-2H3,(H2,14,17)(H,15,16). The highest BCUT2D eigenvalue weighted by Gasteiger charge is 2.18. The minimum Gasteiger partial charge on any atom is -0.393 e. The molecule has 0 aliphatic rings. The molecule has 1 amide bonds. The lowest BCUT2D eigenvalue weighted by Gasteiger charge is -2.17. The van der Waals surface area contributed by atoms with E-state index in [4.69, 9.17) is 18.0 Å². The summed E-state index contributed by atoms with van der Waals surface area (Å²) in [5, 5.41) is 2.73. The van der Waals surface area contributed by atoms with Gasteiger partial charge in [0.15, 0.2) is 0 Å². The van der Waals surface area contributed by atoms with Gasteiger partial charge in [0.25, 0.3) is 0 Å². The monoisotopic (exact) mass is 254 g/mol. The zero-order valence-electron chi connectivity index (χ0n) is 9.74. The maximum absolute atomic E-state index is 13.0. The van der Waals surface area contributed by atoms with Gasteiger partial charge >= 0.3 is 0 Å². The van der Waals surface area contributed by atoms with Crippen molar-refractivity contribution in [3.8, 4) is 0 Å². The van der Waals surface area contributed by atoms with Crippen LogP contribution in [0.3, 0.4) is 0 Å². The molecule has 0 radical (unpaired) electrons. The van der Waals surface area contributed by atoms with Gasteiger partial charge in [0.1, 0.15) is 5.82 Å². The lowest BCUT2D eigenvalue weighted by atomic mass is 10.1. The summed E-state index contributed by atoms with van der Waals surface area (Å²) < 4.78 is 13.0. The van der Waals surface area contributed by atoms with E-state index in [0.717, 1.165) is 0 Å². The van der Waals surface area contributed by atoms with Gasteiger partial charge in [-0.05, 0) is 31.5 Å². The average Bonchev–Trinajstić information content (AvgIpc) is 2.27. The Bertz CT molecular complexity index is 436. The number of hydrogen-bond acceptors (Lipinski definition) is 2. The summed E-state index contributed by atoms with van der Waals surface area (Å²) in [6.45, 7) is 3.41. The Labute approximate surface area is 105 Å². The number of amides is 1. The van der Waals surface area contributed by atoms with E-state index in [2.05, 4.69) is 5.32 Å². The lowest BCUT2D eigenvalue weighted by molar-refractivity contribution is -0.123. The fraction of sp³-hybridized carbons (Fsp3) is 0.333. The molecule has 17 heavy (non-hydrogen) atoms. The van der Waals surface area contributed by atoms with Crippen molar-refractivity contribution in [3.63, 3.8) is 0 Å². The number of nitrogens with one attached hydrogen (secondary N) is 1. The second-order valence-electron chi connectivity index (χ2n) is 3.91. The molecule has 0 heterocycles. The van der Waals surface area contributed by atoms with Crippen molar-refractivity contribution in [2.75, 3.05) is 0 Å². The molecule has 0 saturated heterocycles. The van der Waals surface area contributed by atoms with E-state index in [1.165, 1.54) is 12.1 Å². The van der Waals surface area contributed by atoms with Crippen molar-refractivity contribution < 1.29 is 9.18 Å². The molecular weight excluding hydrogens is 239 g/mol. The smallest absolute Gasteiger partial charge is 0.230 e. The largest absolute Gasteiger partial charge is 0.393 e. The zero-order chi connectivity index (χ0) is 13.0. The van der Waals surface area contributed by atoms with Crippen LogP contribution in [0.15, 0.2) is 24.3 Å². The number of thiocarbonyl (C=S) groups is 1. The minimum atomic E-state index is -0.527. The number of halogens is 1. The molecule has 0 aliphatic heterocycles. The van der Waals surface area contributed by atoms with Gasteiger partial charge in [-0.15, -0.1) is 0 Å². The summed E-state index contributed by atoms with van der Waals surface area (Å²) in [7, 11) is 0. The number of rotatable bonds is 4. The zero-order valence-corrected chi connectivity index (χ0v) is 10.6. The Morgan fingerprint density at radius 1 is 1.47 bits per heavy atom. The topological polar surface area (TPSA) is 55.1 Å². The van der Waals surface area contributed by atoms with Crippen LogP contribution in [0, 0.1) is 11.7 Å². The van der Waals surface area contributed by atoms with E-state index >= 15 is 0 Å². The number of benzene rings is 1. The van der Waals surface area contributed by atoms with Crippen molar-refractivity contribution in [2.24, 2.45) is 11.7 Å². The molecule has 1 aromatic rings. The van der Waals surface area contributed by atoms with E-state index in [9.17, 15) is 9.18 Å². The molecule has 0 spiro atoms. The summed E-state index contributed by atoms with van der Waals surface area (Å²) in [4.78, 5) is 11.8. The Hall–Kier alpha value is -1.49. The summed E-state index contributed by atoms with van der Waals surface area (Å²) >= 11 is 4.74. The summed E-state index contributed by atoms with van der Waals surface area (Å²) in [5.74, 6) is -1.11.